The van der Waals surface area contributed by atoms with Gasteiger partial charge < -0.3 is 10.1 Å². The fourth-order valence-corrected chi connectivity index (χ4v) is 3.56. The van der Waals surface area contributed by atoms with Gasteiger partial charge in [-0.05, 0) is 53.6 Å². The van der Waals surface area contributed by atoms with E-state index in [1.54, 1.807) is 6.33 Å². The molecule has 2 heterocycles. The lowest BCUT2D eigenvalue weighted by molar-refractivity contribution is 0.187. The molecule has 0 radical (unpaired) electrons. The Bertz CT molecular complexity index is 922. The maximum absolute atomic E-state index is 6.32. The Hall–Kier alpha value is -2.62. The third-order valence-corrected chi connectivity index (χ3v) is 5.20. The summed E-state index contributed by atoms with van der Waals surface area (Å²) in [5.74, 6) is 1.89. The fourth-order valence-electron chi connectivity index (χ4n) is 3.56. The van der Waals surface area contributed by atoms with Crippen LogP contribution in [0.5, 0.6) is 5.75 Å². The number of ether oxygens (including phenoxy) is 1. The summed E-state index contributed by atoms with van der Waals surface area (Å²) < 4.78 is 6.32. The van der Waals surface area contributed by atoms with Crippen molar-refractivity contribution in [3.63, 3.8) is 0 Å². The van der Waals surface area contributed by atoms with Gasteiger partial charge in [-0.2, -0.15) is 0 Å². The van der Waals surface area contributed by atoms with Gasteiger partial charge >= 0.3 is 0 Å². The van der Waals surface area contributed by atoms with Crippen molar-refractivity contribution in [3.8, 4) is 5.75 Å². The molecule has 0 amide bonds. The Balaban J connectivity index is 1.49. The molecule has 0 saturated heterocycles. The number of anilines is 1. The number of nitrogens with zero attached hydrogens (tertiary/aromatic N) is 2. The first-order valence-corrected chi connectivity index (χ1v) is 9.34. The Morgan fingerprint density at radius 3 is 2.81 bits per heavy atom. The van der Waals surface area contributed by atoms with Crippen LogP contribution >= 0.6 is 0 Å². The van der Waals surface area contributed by atoms with E-state index in [9.17, 15) is 0 Å². The van der Waals surface area contributed by atoms with Crippen molar-refractivity contribution in [2.45, 2.75) is 45.1 Å². The van der Waals surface area contributed by atoms with Crippen LogP contribution in [0.15, 0.2) is 48.9 Å². The van der Waals surface area contributed by atoms with Crippen molar-refractivity contribution in [2.24, 2.45) is 0 Å². The van der Waals surface area contributed by atoms with Gasteiger partial charge in [0.25, 0.3) is 0 Å². The molecule has 0 saturated carbocycles. The molecule has 0 spiro atoms. The highest BCUT2D eigenvalue weighted by atomic mass is 16.5. The van der Waals surface area contributed by atoms with E-state index in [1.165, 1.54) is 11.1 Å². The minimum atomic E-state index is 0.169. The Kier molecular flexibility index (Phi) is 4.49. The maximum atomic E-state index is 6.32. The van der Waals surface area contributed by atoms with Crippen molar-refractivity contribution < 1.29 is 4.74 Å². The monoisotopic (exact) mass is 347 g/mol. The van der Waals surface area contributed by atoms with Crippen LogP contribution in [0.1, 0.15) is 50.2 Å². The fraction of sp³-hybridized carbons (Fsp3) is 0.364. The van der Waals surface area contributed by atoms with Gasteiger partial charge in [-0.1, -0.05) is 32.9 Å². The van der Waals surface area contributed by atoms with Crippen molar-refractivity contribution in [1.82, 2.24) is 9.97 Å². The number of fused-ring (bicyclic) bond motifs is 2. The predicted octanol–water partition coefficient (Wildman–Crippen LogP) is 5.12. The molecule has 4 heteroatoms. The minimum Gasteiger partial charge on any atom is -0.486 e. The van der Waals surface area contributed by atoms with E-state index in [4.69, 9.17) is 4.74 Å². The number of hydrogen-bond donors (Lipinski definition) is 1. The Morgan fingerprint density at radius 2 is 1.96 bits per heavy atom. The SMILES string of the molecule is CC(C)c1ccc2c(c1)OC(CC(C)c1ccc3ncncc3c1)CN2. The van der Waals surface area contributed by atoms with Gasteiger partial charge in [-0.15, -0.1) is 0 Å². The maximum Gasteiger partial charge on any atom is 0.143 e. The van der Waals surface area contributed by atoms with Gasteiger partial charge in [0.15, 0.2) is 0 Å². The average molecular weight is 347 g/mol. The third kappa shape index (κ3) is 3.36. The van der Waals surface area contributed by atoms with Gasteiger partial charge in [0.2, 0.25) is 0 Å². The largest absolute Gasteiger partial charge is 0.486 e. The van der Waals surface area contributed by atoms with Gasteiger partial charge in [0.1, 0.15) is 18.2 Å². The molecular formula is C22H25N3O. The summed E-state index contributed by atoms with van der Waals surface area (Å²) >= 11 is 0. The van der Waals surface area contributed by atoms with Crippen LogP contribution in [0.2, 0.25) is 0 Å². The Morgan fingerprint density at radius 1 is 1.12 bits per heavy atom. The van der Waals surface area contributed by atoms with Gasteiger partial charge in [-0.3, -0.25) is 0 Å². The van der Waals surface area contributed by atoms with E-state index < -0.39 is 0 Å². The molecule has 1 aliphatic heterocycles. The highest BCUT2D eigenvalue weighted by Gasteiger charge is 2.22. The second-order valence-corrected chi connectivity index (χ2v) is 7.51. The first kappa shape index (κ1) is 16.8. The first-order valence-electron chi connectivity index (χ1n) is 9.34. The van der Waals surface area contributed by atoms with Gasteiger partial charge in [0.05, 0.1) is 17.7 Å². The molecule has 1 aromatic heterocycles. The standard InChI is InChI=1S/C22H25N3O/c1-14(2)16-4-7-21-22(10-16)26-19(12-24-21)8-15(3)17-5-6-20-18(9-17)11-23-13-25-20/h4-7,9-11,13-15,19,24H,8,12H2,1-3H3. The molecule has 0 aliphatic carbocycles. The van der Waals surface area contributed by atoms with Crippen molar-refractivity contribution in [2.75, 3.05) is 11.9 Å². The number of benzene rings is 2. The minimum absolute atomic E-state index is 0.169. The van der Waals surface area contributed by atoms with Crippen LogP contribution in [-0.4, -0.2) is 22.6 Å². The molecule has 4 nitrogen and oxygen atoms in total. The van der Waals surface area contributed by atoms with Crippen LogP contribution in [0, 0.1) is 0 Å². The normalized spacial score (nSPS) is 17.5. The van der Waals surface area contributed by atoms with Gasteiger partial charge in [0, 0.05) is 11.6 Å². The van der Waals surface area contributed by atoms with E-state index >= 15 is 0 Å². The number of aromatic nitrogens is 2. The topological polar surface area (TPSA) is 47.0 Å². The molecule has 0 fully saturated rings. The molecule has 134 valence electrons. The van der Waals surface area contributed by atoms with E-state index in [0.29, 0.717) is 11.8 Å². The summed E-state index contributed by atoms with van der Waals surface area (Å²) in [7, 11) is 0. The zero-order chi connectivity index (χ0) is 18.1. The molecule has 2 aromatic carbocycles. The molecule has 4 rings (SSSR count). The average Bonchev–Trinajstić information content (AvgIpc) is 2.67. The molecule has 3 aromatic rings. The van der Waals surface area contributed by atoms with E-state index in [1.807, 2.05) is 6.20 Å². The second-order valence-electron chi connectivity index (χ2n) is 7.51. The summed E-state index contributed by atoms with van der Waals surface area (Å²) in [6, 6.07) is 12.9. The Labute approximate surface area is 154 Å². The van der Waals surface area contributed by atoms with E-state index in [0.717, 1.165) is 35.3 Å². The summed E-state index contributed by atoms with van der Waals surface area (Å²) in [5.41, 5.74) is 4.70. The lowest BCUT2D eigenvalue weighted by Gasteiger charge is -2.30. The molecule has 26 heavy (non-hydrogen) atoms. The molecule has 1 aliphatic rings. The molecular weight excluding hydrogens is 322 g/mol. The van der Waals surface area contributed by atoms with Crippen LogP contribution in [0.25, 0.3) is 10.9 Å². The molecule has 2 atom stereocenters. The van der Waals surface area contributed by atoms with Crippen molar-refractivity contribution >= 4 is 16.6 Å². The zero-order valence-corrected chi connectivity index (χ0v) is 15.6. The van der Waals surface area contributed by atoms with Gasteiger partial charge in [-0.25, -0.2) is 9.97 Å². The smallest absolute Gasteiger partial charge is 0.143 e. The van der Waals surface area contributed by atoms with Crippen molar-refractivity contribution in [3.05, 3.63) is 60.0 Å². The summed E-state index contributed by atoms with van der Waals surface area (Å²) in [6.07, 6.45) is 4.61. The first-order chi connectivity index (χ1) is 12.6. The summed E-state index contributed by atoms with van der Waals surface area (Å²) in [4.78, 5) is 8.43. The van der Waals surface area contributed by atoms with E-state index in [-0.39, 0.29) is 6.10 Å². The molecule has 0 bridgehead atoms. The third-order valence-electron chi connectivity index (χ3n) is 5.20. The quantitative estimate of drug-likeness (QED) is 0.711. The lowest BCUT2D eigenvalue weighted by Crippen LogP contribution is -2.32. The van der Waals surface area contributed by atoms with Crippen LogP contribution in [-0.2, 0) is 0 Å². The number of rotatable bonds is 4. The number of hydrogen-bond acceptors (Lipinski definition) is 4. The highest BCUT2D eigenvalue weighted by Crippen LogP contribution is 2.34. The zero-order valence-electron chi connectivity index (χ0n) is 15.6. The highest BCUT2D eigenvalue weighted by molar-refractivity contribution is 5.78. The number of nitrogens with one attached hydrogen (secondary N) is 1. The molecule has 2 unspecified atom stereocenters. The second kappa shape index (κ2) is 6.94. The van der Waals surface area contributed by atoms with Crippen LogP contribution in [0.3, 0.4) is 0 Å². The predicted molar refractivity (Wildman–Crippen MR) is 106 cm³/mol. The van der Waals surface area contributed by atoms with E-state index in [2.05, 4.69) is 72.5 Å². The van der Waals surface area contributed by atoms with Crippen molar-refractivity contribution in [1.29, 1.82) is 0 Å². The van der Waals surface area contributed by atoms with Crippen LogP contribution < -0.4 is 10.1 Å². The summed E-state index contributed by atoms with van der Waals surface area (Å²) in [6.45, 7) is 7.52. The van der Waals surface area contributed by atoms with Crippen LogP contribution in [0.4, 0.5) is 5.69 Å². The lowest BCUT2D eigenvalue weighted by atomic mass is 9.93. The molecule has 1 N–H and O–H groups in total. The summed E-state index contributed by atoms with van der Waals surface area (Å²) in [5, 5.41) is 4.61.